The van der Waals surface area contributed by atoms with Gasteiger partial charge in [0.1, 0.15) is 0 Å². The minimum Gasteiger partial charge on any atom is -0.373 e. The van der Waals surface area contributed by atoms with Crippen LogP contribution in [-0.4, -0.2) is 46.3 Å². The van der Waals surface area contributed by atoms with E-state index in [1.807, 2.05) is 56.4 Å². The summed E-state index contributed by atoms with van der Waals surface area (Å²) in [6.07, 6.45) is 0.351. The summed E-state index contributed by atoms with van der Waals surface area (Å²) in [4.78, 5) is 14.2. The highest BCUT2D eigenvalue weighted by atomic mass is 16.1. The predicted molar refractivity (Wildman–Crippen MR) is 100 cm³/mol. The molecule has 0 unspecified atom stereocenters. The second-order valence-electron chi connectivity index (χ2n) is 6.09. The molecular weight excluding hydrogens is 328 g/mol. The summed E-state index contributed by atoms with van der Waals surface area (Å²) in [7, 11) is 2.02. The second kappa shape index (κ2) is 8.24. The van der Waals surface area contributed by atoms with Crippen molar-refractivity contribution in [3.05, 3.63) is 66.0 Å². The van der Waals surface area contributed by atoms with Crippen LogP contribution in [0.5, 0.6) is 0 Å². The maximum atomic E-state index is 12.1. The van der Waals surface area contributed by atoms with Crippen molar-refractivity contribution in [1.29, 1.82) is 0 Å². The van der Waals surface area contributed by atoms with Crippen molar-refractivity contribution in [2.75, 3.05) is 25.0 Å². The van der Waals surface area contributed by atoms with Crippen LogP contribution in [0.1, 0.15) is 11.4 Å². The van der Waals surface area contributed by atoms with Crippen LogP contribution >= 0.6 is 0 Å². The number of tetrazole rings is 1. The minimum atomic E-state index is 0.0119. The Labute approximate surface area is 152 Å². The molecule has 0 atom stereocenters. The molecule has 3 rings (SSSR count). The molecule has 1 aromatic heterocycles. The molecule has 7 nitrogen and oxygen atoms in total. The first-order valence-electron chi connectivity index (χ1n) is 8.50. The first-order chi connectivity index (χ1) is 12.6. The zero-order valence-electron chi connectivity index (χ0n) is 15.0. The van der Waals surface area contributed by atoms with Crippen molar-refractivity contribution < 1.29 is 4.79 Å². The molecule has 1 amide bonds. The van der Waals surface area contributed by atoms with Crippen LogP contribution in [0.3, 0.4) is 0 Å². The fourth-order valence-electron chi connectivity index (χ4n) is 2.65. The van der Waals surface area contributed by atoms with Crippen molar-refractivity contribution >= 4 is 11.6 Å². The van der Waals surface area contributed by atoms with Gasteiger partial charge in [-0.05, 0) is 47.2 Å². The zero-order valence-corrected chi connectivity index (χ0v) is 15.0. The third-order valence-corrected chi connectivity index (χ3v) is 4.14. The van der Waals surface area contributed by atoms with E-state index < -0.39 is 0 Å². The topological polar surface area (TPSA) is 75.9 Å². The number of rotatable bonds is 7. The first kappa shape index (κ1) is 17.6. The number of anilines is 1. The first-order valence-corrected chi connectivity index (χ1v) is 8.50. The SMILES string of the molecule is Cc1nnnn1-c1ccc(CC(=O)NCCN(C)c2ccccc2)cc1. The van der Waals surface area contributed by atoms with E-state index in [9.17, 15) is 4.79 Å². The normalized spacial score (nSPS) is 10.5. The summed E-state index contributed by atoms with van der Waals surface area (Å²) in [5.74, 6) is 0.732. The zero-order chi connectivity index (χ0) is 18.4. The van der Waals surface area contributed by atoms with Crippen LogP contribution in [0.2, 0.25) is 0 Å². The molecule has 0 aliphatic rings. The number of para-hydroxylation sites is 1. The number of hydrogen-bond acceptors (Lipinski definition) is 5. The molecular formula is C19H22N6O. The third-order valence-electron chi connectivity index (χ3n) is 4.14. The van der Waals surface area contributed by atoms with Crippen LogP contribution in [0.25, 0.3) is 5.69 Å². The number of aryl methyl sites for hydroxylation is 1. The van der Waals surface area contributed by atoms with Gasteiger partial charge in [0, 0.05) is 25.8 Å². The summed E-state index contributed by atoms with van der Waals surface area (Å²) in [6, 6.07) is 17.8. The molecule has 0 aliphatic heterocycles. The number of amides is 1. The monoisotopic (exact) mass is 350 g/mol. The number of aromatic nitrogens is 4. The molecule has 1 heterocycles. The van der Waals surface area contributed by atoms with Crippen molar-refractivity contribution in [1.82, 2.24) is 25.5 Å². The van der Waals surface area contributed by atoms with Gasteiger partial charge in [-0.3, -0.25) is 4.79 Å². The van der Waals surface area contributed by atoms with Gasteiger partial charge in [0.25, 0.3) is 0 Å². The predicted octanol–water partition coefficient (Wildman–Crippen LogP) is 1.77. The van der Waals surface area contributed by atoms with Crippen LogP contribution in [-0.2, 0) is 11.2 Å². The van der Waals surface area contributed by atoms with E-state index in [2.05, 4.69) is 37.9 Å². The average Bonchev–Trinajstić information content (AvgIpc) is 3.09. The Balaban J connectivity index is 1.47. The summed E-state index contributed by atoms with van der Waals surface area (Å²) < 4.78 is 1.66. The molecule has 134 valence electrons. The quantitative estimate of drug-likeness (QED) is 0.703. The highest BCUT2D eigenvalue weighted by Crippen LogP contribution is 2.11. The number of carbonyl (C=O) groups excluding carboxylic acids is 1. The van der Waals surface area contributed by atoms with E-state index >= 15 is 0 Å². The lowest BCUT2D eigenvalue weighted by Gasteiger charge is -2.19. The number of hydrogen-bond donors (Lipinski definition) is 1. The maximum absolute atomic E-state index is 12.1. The van der Waals surface area contributed by atoms with E-state index in [1.165, 1.54) is 0 Å². The number of likely N-dealkylation sites (N-methyl/N-ethyl adjacent to an activating group) is 1. The smallest absolute Gasteiger partial charge is 0.224 e. The van der Waals surface area contributed by atoms with E-state index in [-0.39, 0.29) is 5.91 Å². The van der Waals surface area contributed by atoms with Gasteiger partial charge < -0.3 is 10.2 Å². The Morgan fingerprint density at radius 1 is 1.12 bits per heavy atom. The summed E-state index contributed by atoms with van der Waals surface area (Å²) in [5.41, 5.74) is 2.96. The molecule has 0 saturated carbocycles. The fraction of sp³-hybridized carbons (Fsp3) is 0.263. The number of carbonyl (C=O) groups is 1. The lowest BCUT2D eigenvalue weighted by atomic mass is 10.1. The summed E-state index contributed by atoms with van der Waals surface area (Å²) >= 11 is 0. The molecule has 7 heteroatoms. The Kier molecular flexibility index (Phi) is 5.58. The van der Waals surface area contributed by atoms with Crippen molar-refractivity contribution in [3.8, 4) is 5.69 Å². The van der Waals surface area contributed by atoms with E-state index in [1.54, 1.807) is 4.68 Å². The van der Waals surface area contributed by atoms with Crippen LogP contribution in [0.15, 0.2) is 54.6 Å². The minimum absolute atomic E-state index is 0.0119. The number of nitrogens with one attached hydrogen (secondary N) is 1. The second-order valence-corrected chi connectivity index (χ2v) is 6.09. The molecule has 26 heavy (non-hydrogen) atoms. The van der Waals surface area contributed by atoms with Gasteiger partial charge in [0.05, 0.1) is 12.1 Å². The molecule has 0 saturated heterocycles. The molecule has 0 aliphatic carbocycles. The van der Waals surface area contributed by atoms with Gasteiger partial charge >= 0.3 is 0 Å². The molecule has 0 spiro atoms. The van der Waals surface area contributed by atoms with Gasteiger partial charge in [-0.1, -0.05) is 30.3 Å². The van der Waals surface area contributed by atoms with Crippen molar-refractivity contribution in [2.24, 2.45) is 0 Å². The van der Waals surface area contributed by atoms with E-state index in [0.29, 0.717) is 13.0 Å². The standard InChI is InChI=1S/C19H22N6O/c1-15-21-22-23-25(15)18-10-8-16(9-11-18)14-19(26)20-12-13-24(2)17-6-4-3-5-7-17/h3-11H,12-14H2,1-2H3,(H,20,26). The molecule has 0 bridgehead atoms. The Bertz CT molecular complexity index is 844. The van der Waals surface area contributed by atoms with Gasteiger partial charge in [-0.2, -0.15) is 4.68 Å². The molecule has 2 aromatic carbocycles. The number of nitrogens with zero attached hydrogens (tertiary/aromatic N) is 5. The van der Waals surface area contributed by atoms with Gasteiger partial charge in [0.2, 0.25) is 5.91 Å². The lowest BCUT2D eigenvalue weighted by molar-refractivity contribution is -0.120. The maximum Gasteiger partial charge on any atom is 0.224 e. The molecule has 0 fully saturated rings. The van der Waals surface area contributed by atoms with Gasteiger partial charge in [-0.15, -0.1) is 5.10 Å². The highest BCUT2D eigenvalue weighted by molar-refractivity contribution is 5.78. The summed E-state index contributed by atoms with van der Waals surface area (Å²) in [5, 5.41) is 14.4. The largest absolute Gasteiger partial charge is 0.373 e. The molecule has 1 N–H and O–H groups in total. The van der Waals surface area contributed by atoms with Crippen LogP contribution < -0.4 is 10.2 Å². The number of benzene rings is 2. The van der Waals surface area contributed by atoms with Crippen LogP contribution in [0.4, 0.5) is 5.69 Å². The van der Waals surface area contributed by atoms with Gasteiger partial charge in [-0.25, -0.2) is 0 Å². The van der Waals surface area contributed by atoms with Crippen molar-refractivity contribution in [3.63, 3.8) is 0 Å². The fourth-order valence-corrected chi connectivity index (χ4v) is 2.65. The Hall–Kier alpha value is -3.22. The average molecular weight is 350 g/mol. The van der Waals surface area contributed by atoms with E-state index in [4.69, 9.17) is 0 Å². The molecule has 0 radical (unpaired) electrons. The Morgan fingerprint density at radius 2 is 1.85 bits per heavy atom. The van der Waals surface area contributed by atoms with Gasteiger partial charge in [0.15, 0.2) is 5.82 Å². The Morgan fingerprint density at radius 3 is 2.50 bits per heavy atom. The molecule has 3 aromatic rings. The summed E-state index contributed by atoms with van der Waals surface area (Å²) in [6.45, 7) is 3.20. The van der Waals surface area contributed by atoms with Crippen LogP contribution in [0, 0.1) is 6.92 Å². The third kappa shape index (κ3) is 4.44. The highest BCUT2D eigenvalue weighted by Gasteiger charge is 2.07. The van der Waals surface area contributed by atoms with Crippen molar-refractivity contribution in [2.45, 2.75) is 13.3 Å². The van der Waals surface area contributed by atoms with E-state index in [0.717, 1.165) is 29.3 Å². The lowest BCUT2D eigenvalue weighted by Crippen LogP contribution is -2.33.